The monoisotopic (exact) mass is 332 g/mol. The largest absolute Gasteiger partial charge is 0.344 e. The number of carbonyl (C=O) groups excluding carboxylic acids is 1. The number of hydrogen-bond acceptors (Lipinski definition) is 5. The molecule has 0 radical (unpaired) electrons. The Balaban J connectivity index is 1.99. The predicted octanol–water partition coefficient (Wildman–Crippen LogP) is 2.84. The minimum atomic E-state index is 0.0621. The fourth-order valence-electron chi connectivity index (χ4n) is 3.34. The second-order valence-corrected chi connectivity index (χ2v) is 7.89. The Kier molecular flexibility index (Phi) is 4.64. The van der Waals surface area contributed by atoms with Gasteiger partial charge in [0.25, 0.3) is 5.91 Å². The standard InChI is InChI=1S/C17H24N4OS/c1-11(2)9-21-8-5-12(10-21)13-14-16(19-7-6-18-14)23-15(13)17(22)20(3)4/h6-7,11-12H,5,8-10H2,1-4H3. The van der Waals surface area contributed by atoms with Gasteiger partial charge in [0.2, 0.25) is 0 Å². The molecular formula is C17H24N4OS. The van der Waals surface area contributed by atoms with E-state index in [0.717, 1.165) is 46.8 Å². The molecule has 1 aliphatic heterocycles. The van der Waals surface area contributed by atoms with Gasteiger partial charge in [0.05, 0.1) is 4.88 Å². The van der Waals surface area contributed by atoms with Crippen LogP contribution >= 0.6 is 11.3 Å². The molecule has 124 valence electrons. The molecule has 1 aliphatic rings. The van der Waals surface area contributed by atoms with Crippen molar-refractivity contribution in [2.75, 3.05) is 33.7 Å². The number of nitrogens with zero attached hydrogens (tertiary/aromatic N) is 4. The lowest BCUT2D eigenvalue weighted by molar-refractivity contribution is 0.0831. The molecule has 1 saturated heterocycles. The van der Waals surface area contributed by atoms with Crippen LogP contribution < -0.4 is 0 Å². The minimum Gasteiger partial charge on any atom is -0.344 e. The van der Waals surface area contributed by atoms with Crippen LogP contribution in [0.4, 0.5) is 0 Å². The molecular weight excluding hydrogens is 308 g/mol. The summed E-state index contributed by atoms with van der Waals surface area (Å²) in [6.45, 7) is 7.71. The van der Waals surface area contributed by atoms with Crippen LogP contribution in [0.15, 0.2) is 12.4 Å². The number of aromatic nitrogens is 2. The zero-order valence-corrected chi connectivity index (χ0v) is 15.1. The molecule has 0 bridgehead atoms. The fourth-order valence-corrected chi connectivity index (χ4v) is 4.54. The summed E-state index contributed by atoms with van der Waals surface area (Å²) in [5, 5.41) is 0. The number of carbonyl (C=O) groups is 1. The average molecular weight is 332 g/mol. The zero-order valence-electron chi connectivity index (χ0n) is 14.2. The minimum absolute atomic E-state index is 0.0621. The Hall–Kier alpha value is -1.53. The van der Waals surface area contributed by atoms with Gasteiger partial charge in [-0.15, -0.1) is 11.3 Å². The van der Waals surface area contributed by atoms with Gasteiger partial charge in [-0.25, -0.2) is 4.98 Å². The number of hydrogen-bond donors (Lipinski definition) is 0. The van der Waals surface area contributed by atoms with Crippen LogP contribution in [0.2, 0.25) is 0 Å². The lowest BCUT2D eigenvalue weighted by atomic mass is 9.97. The predicted molar refractivity (Wildman–Crippen MR) is 94.1 cm³/mol. The maximum Gasteiger partial charge on any atom is 0.263 e. The molecule has 1 unspecified atom stereocenters. The van der Waals surface area contributed by atoms with Crippen LogP contribution in [0.3, 0.4) is 0 Å². The van der Waals surface area contributed by atoms with Crippen molar-refractivity contribution in [3.63, 3.8) is 0 Å². The molecule has 2 aromatic heterocycles. The molecule has 6 heteroatoms. The highest BCUT2D eigenvalue weighted by Crippen LogP contribution is 2.38. The molecule has 0 saturated carbocycles. The van der Waals surface area contributed by atoms with Crippen molar-refractivity contribution in [3.05, 3.63) is 22.8 Å². The van der Waals surface area contributed by atoms with Crippen LogP contribution in [0.5, 0.6) is 0 Å². The third-order valence-electron chi connectivity index (χ3n) is 4.27. The first-order valence-electron chi connectivity index (χ1n) is 8.14. The molecule has 3 rings (SSSR count). The Morgan fingerprint density at radius 3 is 2.83 bits per heavy atom. The van der Waals surface area contributed by atoms with E-state index in [9.17, 15) is 4.79 Å². The summed E-state index contributed by atoms with van der Waals surface area (Å²) in [5.74, 6) is 1.10. The van der Waals surface area contributed by atoms with Crippen molar-refractivity contribution in [1.82, 2.24) is 19.8 Å². The number of fused-ring (bicyclic) bond motifs is 1. The summed E-state index contributed by atoms with van der Waals surface area (Å²) in [4.78, 5) is 27.4. The molecule has 1 amide bonds. The highest BCUT2D eigenvalue weighted by molar-refractivity contribution is 7.20. The van der Waals surface area contributed by atoms with Crippen molar-refractivity contribution in [2.24, 2.45) is 5.92 Å². The molecule has 2 aromatic rings. The highest BCUT2D eigenvalue weighted by Gasteiger charge is 2.32. The molecule has 0 aliphatic carbocycles. The van der Waals surface area contributed by atoms with Crippen molar-refractivity contribution < 1.29 is 4.79 Å². The maximum absolute atomic E-state index is 12.6. The van der Waals surface area contributed by atoms with Crippen LogP contribution in [0.1, 0.15) is 41.4 Å². The second kappa shape index (κ2) is 6.53. The van der Waals surface area contributed by atoms with Crippen molar-refractivity contribution in [3.8, 4) is 0 Å². The van der Waals surface area contributed by atoms with Gasteiger partial charge in [0, 0.05) is 51.1 Å². The van der Waals surface area contributed by atoms with Gasteiger partial charge in [0.15, 0.2) is 0 Å². The lowest BCUT2D eigenvalue weighted by Gasteiger charge is -2.19. The van der Waals surface area contributed by atoms with Gasteiger partial charge >= 0.3 is 0 Å². The van der Waals surface area contributed by atoms with Crippen LogP contribution in [0, 0.1) is 5.92 Å². The number of rotatable bonds is 4. The van der Waals surface area contributed by atoms with E-state index in [1.807, 2.05) is 0 Å². The Labute approximate surface area is 141 Å². The maximum atomic E-state index is 12.6. The molecule has 1 atom stereocenters. The number of likely N-dealkylation sites (tertiary alicyclic amines) is 1. The van der Waals surface area contributed by atoms with Gasteiger partial charge < -0.3 is 9.80 Å². The average Bonchev–Trinajstić information content (AvgIpc) is 3.09. The van der Waals surface area contributed by atoms with E-state index in [1.54, 1.807) is 31.4 Å². The summed E-state index contributed by atoms with van der Waals surface area (Å²) < 4.78 is 0. The third-order valence-corrected chi connectivity index (χ3v) is 5.36. The van der Waals surface area contributed by atoms with Crippen molar-refractivity contribution >= 4 is 27.6 Å². The van der Waals surface area contributed by atoms with Gasteiger partial charge in [-0.3, -0.25) is 9.78 Å². The van der Waals surface area contributed by atoms with E-state index in [1.165, 1.54) is 11.3 Å². The summed E-state index contributed by atoms with van der Waals surface area (Å²) >= 11 is 1.48. The lowest BCUT2D eigenvalue weighted by Crippen LogP contribution is -2.25. The van der Waals surface area contributed by atoms with E-state index in [0.29, 0.717) is 11.8 Å². The Bertz CT molecular complexity index is 710. The third kappa shape index (κ3) is 3.23. The first kappa shape index (κ1) is 16.3. The van der Waals surface area contributed by atoms with E-state index in [-0.39, 0.29) is 5.91 Å². The molecule has 23 heavy (non-hydrogen) atoms. The summed E-state index contributed by atoms with van der Waals surface area (Å²) in [6, 6.07) is 0. The Morgan fingerprint density at radius 1 is 1.39 bits per heavy atom. The first-order valence-corrected chi connectivity index (χ1v) is 8.96. The van der Waals surface area contributed by atoms with Crippen LogP contribution in [-0.2, 0) is 0 Å². The molecule has 3 heterocycles. The van der Waals surface area contributed by atoms with E-state index in [4.69, 9.17) is 0 Å². The van der Waals surface area contributed by atoms with E-state index >= 15 is 0 Å². The molecule has 1 fully saturated rings. The second-order valence-electron chi connectivity index (χ2n) is 6.89. The van der Waals surface area contributed by atoms with Gasteiger partial charge in [-0.1, -0.05) is 13.8 Å². The molecule has 0 spiro atoms. The molecule has 0 N–H and O–H groups in total. The molecule has 5 nitrogen and oxygen atoms in total. The quantitative estimate of drug-likeness (QED) is 0.864. The van der Waals surface area contributed by atoms with Gasteiger partial charge in [0.1, 0.15) is 10.3 Å². The topological polar surface area (TPSA) is 49.3 Å². The fraction of sp³-hybridized carbons (Fsp3) is 0.588. The van der Waals surface area contributed by atoms with Gasteiger partial charge in [-0.2, -0.15) is 0 Å². The summed E-state index contributed by atoms with van der Waals surface area (Å²) in [5.41, 5.74) is 2.03. The van der Waals surface area contributed by atoms with E-state index < -0.39 is 0 Å². The van der Waals surface area contributed by atoms with Crippen LogP contribution in [-0.4, -0.2) is 59.4 Å². The molecule has 0 aromatic carbocycles. The van der Waals surface area contributed by atoms with Crippen molar-refractivity contribution in [2.45, 2.75) is 26.2 Å². The summed E-state index contributed by atoms with van der Waals surface area (Å²) in [6.07, 6.45) is 4.51. The smallest absolute Gasteiger partial charge is 0.263 e. The van der Waals surface area contributed by atoms with Crippen molar-refractivity contribution in [1.29, 1.82) is 0 Å². The normalized spacial score (nSPS) is 18.9. The SMILES string of the molecule is CC(C)CN1CCC(c2c(C(=O)N(C)C)sc3nccnc23)C1. The Morgan fingerprint density at radius 2 is 2.13 bits per heavy atom. The van der Waals surface area contributed by atoms with E-state index in [2.05, 4.69) is 28.7 Å². The zero-order chi connectivity index (χ0) is 16.6. The first-order chi connectivity index (χ1) is 11.0. The van der Waals surface area contributed by atoms with Crippen LogP contribution in [0.25, 0.3) is 10.3 Å². The number of thiophene rings is 1. The summed E-state index contributed by atoms with van der Waals surface area (Å²) in [7, 11) is 3.61. The highest BCUT2D eigenvalue weighted by atomic mass is 32.1. The number of amides is 1. The van der Waals surface area contributed by atoms with Gasteiger partial charge in [-0.05, 0) is 18.9 Å².